The number of nitrogens with one attached hydrogen (secondary N) is 1. The van der Waals surface area contributed by atoms with E-state index >= 15 is 0 Å². The lowest BCUT2D eigenvalue weighted by molar-refractivity contribution is -0.118. The summed E-state index contributed by atoms with van der Waals surface area (Å²) in [6.07, 6.45) is -4.74. The molecule has 0 radical (unpaired) electrons. The molecule has 0 aromatic carbocycles. The zero-order valence-corrected chi connectivity index (χ0v) is 7.04. The molecular formula is C7H15NO5. The van der Waals surface area contributed by atoms with Gasteiger partial charge in [-0.3, -0.25) is 0 Å². The summed E-state index contributed by atoms with van der Waals surface area (Å²) >= 11 is 0. The molecule has 6 N–H and O–H groups in total. The predicted octanol–water partition coefficient (Wildman–Crippen LogP) is -3.61. The molecule has 6 nitrogen and oxygen atoms in total. The van der Waals surface area contributed by atoms with Gasteiger partial charge in [-0.1, -0.05) is 0 Å². The highest BCUT2D eigenvalue weighted by atomic mass is 16.4. The van der Waals surface area contributed by atoms with Crippen LogP contribution in [0.15, 0.2) is 0 Å². The number of aliphatic hydroxyl groups excluding tert-OH is 5. The van der Waals surface area contributed by atoms with Gasteiger partial charge in [-0.2, -0.15) is 0 Å². The summed E-state index contributed by atoms with van der Waals surface area (Å²) < 4.78 is 0. The van der Waals surface area contributed by atoms with E-state index in [1.807, 2.05) is 0 Å². The summed E-state index contributed by atoms with van der Waals surface area (Å²) in [5.41, 5.74) is 0. The fourth-order valence-electron chi connectivity index (χ4n) is 1.42. The number of piperidine rings is 1. The second-order valence-corrected chi connectivity index (χ2v) is 3.23. The Morgan fingerprint density at radius 1 is 1.23 bits per heavy atom. The van der Waals surface area contributed by atoms with Gasteiger partial charge in [0, 0.05) is 6.54 Å². The zero-order valence-electron chi connectivity index (χ0n) is 7.04. The quantitative estimate of drug-likeness (QED) is 0.270. The SMILES string of the molecule is OC[C@@H](O)[C@H]1NC[C@H](O)[C@H](O)[C@@H]1O. The highest BCUT2D eigenvalue weighted by Gasteiger charge is 2.39. The average molecular weight is 193 g/mol. The van der Waals surface area contributed by atoms with Gasteiger partial charge in [0.25, 0.3) is 0 Å². The van der Waals surface area contributed by atoms with Gasteiger partial charge in [-0.05, 0) is 0 Å². The van der Waals surface area contributed by atoms with Gasteiger partial charge in [-0.25, -0.2) is 0 Å². The maximum Gasteiger partial charge on any atom is 0.109 e. The average Bonchev–Trinajstić information content (AvgIpc) is 2.13. The standard InChI is InChI=1S/C7H15NO5/c9-2-4(11)5-7(13)6(12)3(10)1-8-5/h3-13H,1-2H2/t3-,4+,5+,6-,7+/m0/s1. The Morgan fingerprint density at radius 3 is 2.38 bits per heavy atom. The lowest BCUT2D eigenvalue weighted by Gasteiger charge is -2.37. The lowest BCUT2D eigenvalue weighted by Crippen LogP contribution is -2.63. The van der Waals surface area contributed by atoms with Crippen molar-refractivity contribution in [3.05, 3.63) is 0 Å². The molecule has 1 rings (SSSR count). The molecule has 13 heavy (non-hydrogen) atoms. The van der Waals surface area contributed by atoms with Crippen LogP contribution in [0, 0.1) is 0 Å². The monoisotopic (exact) mass is 193 g/mol. The minimum Gasteiger partial charge on any atom is -0.394 e. The summed E-state index contributed by atoms with van der Waals surface area (Å²) in [6.45, 7) is -0.419. The van der Waals surface area contributed by atoms with E-state index in [1.54, 1.807) is 0 Å². The van der Waals surface area contributed by atoms with Crippen molar-refractivity contribution in [2.24, 2.45) is 0 Å². The van der Waals surface area contributed by atoms with Crippen LogP contribution in [0.25, 0.3) is 0 Å². The molecule has 1 aliphatic rings. The minimum absolute atomic E-state index is 0.0833. The largest absolute Gasteiger partial charge is 0.394 e. The van der Waals surface area contributed by atoms with Crippen molar-refractivity contribution < 1.29 is 25.5 Å². The molecule has 0 bridgehead atoms. The van der Waals surface area contributed by atoms with Gasteiger partial charge < -0.3 is 30.8 Å². The molecule has 0 spiro atoms. The van der Waals surface area contributed by atoms with E-state index in [2.05, 4.69) is 5.32 Å². The Bertz CT molecular complexity index is 167. The Balaban J connectivity index is 2.58. The molecule has 78 valence electrons. The van der Waals surface area contributed by atoms with E-state index in [1.165, 1.54) is 0 Å². The fourth-order valence-corrected chi connectivity index (χ4v) is 1.42. The molecule has 0 aromatic heterocycles. The van der Waals surface area contributed by atoms with E-state index < -0.39 is 37.1 Å². The first-order chi connectivity index (χ1) is 6.07. The Kier molecular flexibility index (Phi) is 3.60. The van der Waals surface area contributed by atoms with E-state index in [0.29, 0.717) is 0 Å². The molecule has 0 aliphatic carbocycles. The van der Waals surface area contributed by atoms with Crippen LogP contribution in [-0.2, 0) is 0 Å². The van der Waals surface area contributed by atoms with Crippen molar-refractivity contribution >= 4 is 0 Å². The number of hydrogen-bond donors (Lipinski definition) is 6. The minimum atomic E-state index is -1.28. The van der Waals surface area contributed by atoms with E-state index in [9.17, 15) is 15.3 Å². The molecule has 1 aliphatic heterocycles. The van der Waals surface area contributed by atoms with Gasteiger partial charge in [0.05, 0.1) is 24.9 Å². The zero-order chi connectivity index (χ0) is 10.0. The third kappa shape index (κ3) is 2.16. The molecule has 0 aromatic rings. The second-order valence-electron chi connectivity index (χ2n) is 3.23. The number of β-amino-alcohol motifs (C(OH)–C–C–N with tert-alkyl or cyclic N) is 1. The highest BCUT2D eigenvalue weighted by Crippen LogP contribution is 2.13. The number of hydrogen-bond acceptors (Lipinski definition) is 6. The number of aliphatic hydroxyl groups is 5. The topological polar surface area (TPSA) is 113 Å². The van der Waals surface area contributed by atoms with E-state index in [-0.39, 0.29) is 6.54 Å². The summed E-state index contributed by atoms with van der Waals surface area (Å²) in [7, 11) is 0. The van der Waals surface area contributed by atoms with Gasteiger partial charge >= 0.3 is 0 Å². The second kappa shape index (κ2) is 4.32. The molecule has 5 atom stereocenters. The maximum absolute atomic E-state index is 9.37. The summed E-state index contributed by atoms with van der Waals surface area (Å²) in [5.74, 6) is 0. The lowest BCUT2D eigenvalue weighted by atomic mass is 9.93. The summed E-state index contributed by atoms with van der Waals surface area (Å²) in [6, 6.07) is -0.802. The van der Waals surface area contributed by atoms with Gasteiger partial charge in [-0.15, -0.1) is 0 Å². The molecule has 1 heterocycles. The molecular weight excluding hydrogens is 178 g/mol. The van der Waals surface area contributed by atoms with Crippen LogP contribution >= 0.6 is 0 Å². The van der Waals surface area contributed by atoms with Crippen LogP contribution in [0.3, 0.4) is 0 Å². The van der Waals surface area contributed by atoms with Crippen LogP contribution < -0.4 is 5.32 Å². The van der Waals surface area contributed by atoms with Crippen molar-refractivity contribution in [1.29, 1.82) is 0 Å². The molecule has 6 heteroatoms. The van der Waals surface area contributed by atoms with Crippen LogP contribution in [0.5, 0.6) is 0 Å². The van der Waals surface area contributed by atoms with Crippen molar-refractivity contribution in [3.8, 4) is 0 Å². The predicted molar refractivity (Wildman–Crippen MR) is 42.9 cm³/mol. The molecule has 0 saturated carbocycles. The van der Waals surface area contributed by atoms with Crippen molar-refractivity contribution in [1.82, 2.24) is 5.32 Å². The van der Waals surface area contributed by atoms with E-state index in [0.717, 1.165) is 0 Å². The van der Waals surface area contributed by atoms with Gasteiger partial charge in [0.1, 0.15) is 12.2 Å². The third-order valence-corrected chi connectivity index (χ3v) is 2.28. The Hall–Kier alpha value is -0.240. The first-order valence-electron chi connectivity index (χ1n) is 4.14. The highest BCUT2D eigenvalue weighted by molar-refractivity contribution is 4.95. The summed E-state index contributed by atoms with van der Waals surface area (Å²) in [5, 5.41) is 48.1. The maximum atomic E-state index is 9.37. The Morgan fingerprint density at radius 2 is 1.85 bits per heavy atom. The fraction of sp³-hybridized carbons (Fsp3) is 1.00. The third-order valence-electron chi connectivity index (χ3n) is 2.28. The van der Waals surface area contributed by atoms with Crippen LogP contribution in [0.2, 0.25) is 0 Å². The van der Waals surface area contributed by atoms with Crippen molar-refractivity contribution in [2.75, 3.05) is 13.2 Å². The first kappa shape index (κ1) is 10.8. The molecule has 0 amide bonds. The van der Waals surface area contributed by atoms with Crippen LogP contribution in [-0.4, -0.2) is 69.1 Å². The molecule has 1 fully saturated rings. The number of rotatable bonds is 2. The van der Waals surface area contributed by atoms with Crippen molar-refractivity contribution in [3.63, 3.8) is 0 Å². The van der Waals surface area contributed by atoms with E-state index in [4.69, 9.17) is 10.2 Å². The summed E-state index contributed by atoms with van der Waals surface area (Å²) in [4.78, 5) is 0. The van der Waals surface area contributed by atoms with Crippen LogP contribution in [0.4, 0.5) is 0 Å². The normalized spacial score (nSPS) is 43.2. The first-order valence-corrected chi connectivity index (χ1v) is 4.14. The van der Waals surface area contributed by atoms with Crippen LogP contribution in [0.1, 0.15) is 0 Å². The smallest absolute Gasteiger partial charge is 0.109 e. The van der Waals surface area contributed by atoms with Gasteiger partial charge in [0.2, 0.25) is 0 Å². The Labute approximate surface area is 75.4 Å². The molecule has 1 saturated heterocycles. The van der Waals surface area contributed by atoms with Crippen molar-refractivity contribution in [2.45, 2.75) is 30.5 Å². The van der Waals surface area contributed by atoms with Gasteiger partial charge in [0.15, 0.2) is 0 Å². The molecule has 0 unspecified atom stereocenters.